The number of rotatable bonds is 6. The second-order valence-corrected chi connectivity index (χ2v) is 5.04. The highest BCUT2D eigenvalue weighted by Crippen LogP contribution is 2.15. The van der Waals surface area contributed by atoms with E-state index in [2.05, 4.69) is 5.32 Å². The lowest BCUT2D eigenvalue weighted by Crippen LogP contribution is -2.28. The summed E-state index contributed by atoms with van der Waals surface area (Å²) in [5.74, 6) is -0.225. The number of nitrogens with one attached hydrogen (secondary N) is 1. The lowest BCUT2D eigenvalue weighted by molar-refractivity contribution is -0.123. The molecule has 2 N–H and O–H groups in total. The topological polar surface area (TPSA) is 58.6 Å². The van der Waals surface area contributed by atoms with E-state index in [0.717, 1.165) is 0 Å². The molecule has 0 spiro atoms. The smallest absolute Gasteiger partial charge is 0.258 e. The molecular formula is C16H15ClFNO3. The third-order valence-electron chi connectivity index (χ3n) is 2.95. The van der Waals surface area contributed by atoms with Gasteiger partial charge in [0, 0.05) is 17.1 Å². The normalized spacial score (nSPS) is 10.3. The van der Waals surface area contributed by atoms with Crippen molar-refractivity contribution in [2.75, 3.05) is 6.61 Å². The predicted molar refractivity (Wildman–Crippen MR) is 81.1 cm³/mol. The number of carbonyl (C=O) groups is 1. The summed E-state index contributed by atoms with van der Waals surface area (Å²) < 4.78 is 18.5. The van der Waals surface area contributed by atoms with Crippen LogP contribution in [0.4, 0.5) is 4.39 Å². The lowest BCUT2D eigenvalue weighted by atomic mass is 10.1. The number of benzene rings is 2. The molecule has 0 aliphatic carbocycles. The van der Waals surface area contributed by atoms with Gasteiger partial charge in [0.1, 0.15) is 11.6 Å². The molecule has 0 saturated heterocycles. The number of amides is 1. The summed E-state index contributed by atoms with van der Waals surface area (Å²) in [4.78, 5) is 11.7. The maximum atomic E-state index is 13.2. The van der Waals surface area contributed by atoms with Gasteiger partial charge in [-0.05, 0) is 42.0 Å². The lowest BCUT2D eigenvalue weighted by Gasteiger charge is -2.09. The van der Waals surface area contributed by atoms with Crippen LogP contribution in [0.15, 0.2) is 42.5 Å². The third-order valence-corrected chi connectivity index (χ3v) is 3.21. The van der Waals surface area contributed by atoms with E-state index in [1.165, 1.54) is 12.1 Å². The largest absolute Gasteiger partial charge is 0.484 e. The fourth-order valence-corrected chi connectivity index (χ4v) is 1.92. The molecule has 1 amide bonds. The first kappa shape index (κ1) is 16.3. The zero-order chi connectivity index (χ0) is 15.9. The zero-order valence-electron chi connectivity index (χ0n) is 11.7. The molecule has 0 aliphatic rings. The number of carbonyl (C=O) groups excluding carboxylic acids is 1. The van der Waals surface area contributed by atoms with Gasteiger partial charge in [0.25, 0.3) is 5.91 Å². The van der Waals surface area contributed by atoms with Crippen LogP contribution >= 0.6 is 11.6 Å². The maximum absolute atomic E-state index is 13.2. The quantitative estimate of drug-likeness (QED) is 0.859. The van der Waals surface area contributed by atoms with Crippen LogP contribution in [0.25, 0.3) is 0 Å². The van der Waals surface area contributed by atoms with Gasteiger partial charge in [-0.25, -0.2) is 4.39 Å². The maximum Gasteiger partial charge on any atom is 0.258 e. The average Bonchev–Trinajstić information content (AvgIpc) is 2.53. The van der Waals surface area contributed by atoms with Crippen LogP contribution in [0.3, 0.4) is 0 Å². The summed E-state index contributed by atoms with van der Waals surface area (Å²) >= 11 is 5.75. The number of hydrogen-bond acceptors (Lipinski definition) is 3. The van der Waals surface area contributed by atoms with Gasteiger partial charge in [-0.2, -0.15) is 0 Å². The van der Waals surface area contributed by atoms with Gasteiger partial charge in [0.05, 0.1) is 6.61 Å². The summed E-state index contributed by atoms with van der Waals surface area (Å²) in [6, 6.07) is 11.0. The first-order valence-corrected chi connectivity index (χ1v) is 6.99. The zero-order valence-corrected chi connectivity index (χ0v) is 12.4. The molecule has 0 heterocycles. The predicted octanol–water partition coefficient (Wildman–Crippen LogP) is 2.67. The van der Waals surface area contributed by atoms with Crippen LogP contribution in [-0.2, 0) is 17.9 Å². The molecule has 0 saturated carbocycles. The van der Waals surface area contributed by atoms with Crippen LogP contribution in [0.5, 0.6) is 5.75 Å². The first-order valence-electron chi connectivity index (χ1n) is 6.61. The molecule has 0 unspecified atom stereocenters. The molecule has 6 heteroatoms. The summed E-state index contributed by atoms with van der Waals surface area (Å²) in [5, 5.41) is 12.2. The van der Waals surface area contributed by atoms with Crippen molar-refractivity contribution < 1.29 is 19.0 Å². The van der Waals surface area contributed by atoms with Crippen LogP contribution in [0, 0.1) is 5.82 Å². The van der Waals surface area contributed by atoms with Gasteiger partial charge in [-0.3, -0.25) is 4.79 Å². The molecule has 0 radical (unpaired) electrons. The Morgan fingerprint density at radius 1 is 1.23 bits per heavy atom. The second kappa shape index (κ2) is 7.77. The van der Waals surface area contributed by atoms with Gasteiger partial charge in [-0.15, -0.1) is 0 Å². The highest BCUT2D eigenvalue weighted by atomic mass is 35.5. The molecule has 2 aromatic rings. The van der Waals surface area contributed by atoms with Crippen molar-refractivity contribution in [3.63, 3.8) is 0 Å². The van der Waals surface area contributed by atoms with E-state index in [-0.39, 0.29) is 31.2 Å². The van der Waals surface area contributed by atoms with E-state index in [4.69, 9.17) is 21.4 Å². The Labute approximate surface area is 132 Å². The molecular weight excluding hydrogens is 309 g/mol. The Hall–Kier alpha value is -2.11. The Balaban J connectivity index is 1.81. The second-order valence-electron chi connectivity index (χ2n) is 4.60. The van der Waals surface area contributed by atoms with E-state index >= 15 is 0 Å². The fraction of sp³-hybridized carbons (Fsp3) is 0.188. The minimum absolute atomic E-state index is 0.129. The Kier molecular flexibility index (Phi) is 5.75. The van der Waals surface area contributed by atoms with Crippen molar-refractivity contribution in [3.05, 3.63) is 64.4 Å². The molecule has 4 nitrogen and oxygen atoms in total. The summed E-state index contributed by atoms with van der Waals surface area (Å²) in [7, 11) is 0. The van der Waals surface area contributed by atoms with Crippen molar-refractivity contribution in [3.8, 4) is 5.75 Å². The number of aliphatic hydroxyl groups excluding tert-OH is 1. The van der Waals surface area contributed by atoms with Gasteiger partial charge < -0.3 is 15.2 Å². The summed E-state index contributed by atoms with van der Waals surface area (Å²) in [5.41, 5.74) is 0.898. The van der Waals surface area contributed by atoms with Crippen molar-refractivity contribution in [1.29, 1.82) is 0 Å². The van der Waals surface area contributed by atoms with E-state index in [1.807, 2.05) is 0 Å². The molecule has 0 atom stereocenters. The van der Waals surface area contributed by atoms with Gasteiger partial charge in [0.15, 0.2) is 6.61 Å². The van der Waals surface area contributed by atoms with Crippen molar-refractivity contribution in [2.45, 2.75) is 13.2 Å². The molecule has 22 heavy (non-hydrogen) atoms. The van der Waals surface area contributed by atoms with Gasteiger partial charge in [0.2, 0.25) is 0 Å². The number of halogens is 2. The van der Waals surface area contributed by atoms with Crippen LogP contribution in [-0.4, -0.2) is 17.6 Å². The van der Waals surface area contributed by atoms with Crippen molar-refractivity contribution in [1.82, 2.24) is 5.32 Å². The van der Waals surface area contributed by atoms with E-state index in [0.29, 0.717) is 16.3 Å². The van der Waals surface area contributed by atoms with Crippen molar-refractivity contribution in [2.24, 2.45) is 0 Å². The molecule has 0 fully saturated rings. The monoisotopic (exact) mass is 323 g/mol. The van der Waals surface area contributed by atoms with Gasteiger partial charge >= 0.3 is 0 Å². The molecule has 0 bridgehead atoms. The number of aliphatic hydroxyl groups is 1. The Morgan fingerprint density at radius 2 is 1.95 bits per heavy atom. The molecule has 2 aromatic carbocycles. The average molecular weight is 324 g/mol. The van der Waals surface area contributed by atoms with Crippen molar-refractivity contribution >= 4 is 17.5 Å². The van der Waals surface area contributed by atoms with E-state index < -0.39 is 5.82 Å². The molecule has 0 aromatic heterocycles. The van der Waals surface area contributed by atoms with Gasteiger partial charge in [-0.1, -0.05) is 17.7 Å². The minimum Gasteiger partial charge on any atom is -0.484 e. The highest BCUT2D eigenvalue weighted by molar-refractivity contribution is 6.30. The van der Waals surface area contributed by atoms with E-state index in [1.54, 1.807) is 30.3 Å². The summed E-state index contributed by atoms with van der Waals surface area (Å²) in [6.07, 6.45) is 0. The number of hydrogen-bond donors (Lipinski definition) is 2. The van der Waals surface area contributed by atoms with E-state index in [9.17, 15) is 9.18 Å². The Morgan fingerprint density at radius 3 is 2.64 bits per heavy atom. The molecule has 2 rings (SSSR count). The third kappa shape index (κ3) is 4.72. The standard InChI is InChI=1S/C16H15ClFNO3/c17-13-2-4-14(5-3-13)22-10-16(21)19-8-11-1-6-15(18)12(7-11)9-20/h1-7,20H,8-10H2,(H,19,21). The Bertz CT molecular complexity index is 646. The number of ether oxygens (including phenoxy) is 1. The SMILES string of the molecule is O=C(COc1ccc(Cl)cc1)NCc1ccc(F)c(CO)c1. The minimum atomic E-state index is -0.469. The highest BCUT2D eigenvalue weighted by Gasteiger charge is 2.05. The first-order chi connectivity index (χ1) is 10.6. The van der Waals surface area contributed by atoms with Crippen LogP contribution < -0.4 is 10.1 Å². The van der Waals surface area contributed by atoms with Crippen LogP contribution in [0.1, 0.15) is 11.1 Å². The summed E-state index contributed by atoms with van der Waals surface area (Å²) in [6.45, 7) is -0.279. The molecule has 0 aliphatic heterocycles. The fourth-order valence-electron chi connectivity index (χ4n) is 1.79. The van der Waals surface area contributed by atoms with Crippen LogP contribution in [0.2, 0.25) is 5.02 Å². The molecule has 116 valence electrons.